The van der Waals surface area contributed by atoms with Crippen LogP contribution in [0.4, 0.5) is 5.69 Å². The smallest absolute Gasteiger partial charge is 0.314 e. The van der Waals surface area contributed by atoms with Crippen molar-refractivity contribution in [2.45, 2.75) is 24.7 Å². The Bertz CT molecular complexity index is 535. The Balaban J connectivity index is 1.81. The highest BCUT2D eigenvalue weighted by Crippen LogP contribution is 2.44. The van der Waals surface area contributed by atoms with Gasteiger partial charge in [-0.2, -0.15) is 0 Å². The Hall–Kier alpha value is -2.04. The van der Waals surface area contributed by atoms with Crippen molar-refractivity contribution >= 4 is 17.6 Å². The zero-order chi connectivity index (χ0) is 14.2. The van der Waals surface area contributed by atoms with E-state index in [0.29, 0.717) is 25.9 Å². The summed E-state index contributed by atoms with van der Waals surface area (Å²) >= 11 is 0. The number of amides is 1. The van der Waals surface area contributed by atoms with E-state index in [1.54, 1.807) is 0 Å². The van der Waals surface area contributed by atoms with Gasteiger partial charge in [-0.3, -0.25) is 9.59 Å². The largest absolute Gasteiger partial charge is 0.481 e. The maximum Gasteiger partial charge on any atom is 0.314 e. The molecule has 1 saturated heterocycles. The van der Waals surface area contributed by atoms with Crippen molar-refractivity contribution in [3.8, 4) is 0 Å². The van der Waals surface area contributed by atoms with Gasteiger partial charge in [0.1, 0.15) is 0 Å². The van der Waals surface area contributed by atoms with E-state index in [9.17, 15) is 14.7 Å². The van der Waals surface area contributed by atoms with Crippen LogP contribution in [-0.2, 0) is 15.0 Å². The quantitative estimate of drug-likeness (QED) is 0.867. The van der Waals surface area contributed by atoms with Gasteiger partial charge < -0.3 is 15.3 Å². The zero-order valence-electron chi connectivity index (χ0n) is 11.3. The first-order chi connectivity index (χ1) is 9.62. The van der Waals surface area contributed by atoms with Crippen LogP contribution in [-0.4, -0.2) is 36.6 Å². The molecule has 0 spiro atoms. The van der Waals surface area contributed by atoms with E-state index in [1.807, 2.05) is 29.2 Å². The Morgan fingerprint density at radius 3 is 2.45 bits per heavy atom. The fraction of sp³-hybridized carbons (Fsp3) is 0.467. The summed E-state index contributed by atoms with van der Waals surface area (Å²) in [5.74, 6) is -0.699. The molecule has 1 aromatic rings. The first-order valence-corrected chi connectivity index (χ1v) is 6.97. The van der Waals surface area contributed by atoms with Crippen LogP contribution in [0, 0.1) is 0 Å². The normalized spacial score (nSPS) is 21.0. The highest BCUT2D eigenvalue weighted by molar-refractivity contribution is 5.84. The molecule has 1 saturated carbocycles. The highest BCUT2D eigenvalue weighted by atomic mass is 16.4. The molecule has 5 heteroatoms. The van der Waals surface area contributed by atoms with E-state index >= 15 is 0 Å². The van der Waals surface area contributed by atoms with Gasteiger partial charge in [0, 0.05) is 18.8 Å². The maximum atomic E-state index is 11.5. The second-order valence-corrected chi connectivity index (χ2v) is 5.56. The minimum atomic E-state index is -0.728. The molecule has 106 valence electrons. The third-order valence-corrected chi connectivity index (χ3v) is 4.44. The van der Waals surface area contributed by atoms with Gasteiger partial charge in [-0.15, -0.1) is 0 Å². The molecule has 2 N–H and O–H groups in total. The molecule has 20 heavy (non-hydrogen) atoms. The number of carbonyl (C=O) groups is 2. The lowest BCUT2D eigenvalue weighted by Crippen LogP contribution is -2.47. The van der Waals surface area contributed by atoms with Crippen molar-refractivity contribution in [1.29, 1.82) is 0 Å². The van der Waals surface area contributed by atoms with E-state index in [4.69, 9.17) is 0 Å². The van der Waals surface area contributed by atoms with Gasteiger partial charge in [-0.25, -0.2) is 0 Å². The summed E-state index contributed by atoms with van der Waals surface area (Å²) in [6.07, 6.45) is 2.40. The van der Waals surface area contributed by atoms with E-state index in [1.165, 1.54) is 0 Å². The highest BCUT2D eigenvalue weighted by Gasteiger charge is 2.45. The number of nitrogens with one attached hydrogen (secondary N) is 1. The second-order valence-electron chi connectivity index (χ2n) is 5.56. The van der Waals surface area contributed by atoms with Crippen LogP contribution in [0.5, 0.6) is 0 Å². The number of rotatable bonds is 3. The van der Waals surface area contributed by atoms with Crippen LogP contribution in [0.15, 0.2) is 24.3 Å². The number of hydrogen-bond donors (Lipinski definition) is 2. The minimum absolute atomic E-state index is 0.0290. The number of aliphatic carboxylic acids is 1. The number of hydrogen-bond acceptors (Lipinski definition) is 3. The lowest BCUT2D eigenvalue weighted by molar-refractivity contribution is -0.147. The average Bonchev–Trinajstić information content (AvgIpc) is 2.38. The van der Waals surface area contributed by atoms with E-state index in [2.05, 4.69) is 5.32 Å². The van der Waals surface area contributed by atoms with Gasteiger partial charge in [0.15, 0.2) is 0 Å². The van der Waals surface area contributed by atoms with Crippen molar-refractivity contribution in [2.24, 2.45) is 0 Å². The summed E-state index contributed by atoms with van der Waals surface area (Å²) < 4.78 is 0. The van der Waals surface area contributed by atoms with Gasteiger partial charge in [0.25, 0.3) is 0 Å². The van der Waals surface area contributed by atoms with Gasteiger partial charge in [0.05, 0.1) is 12.0 Å². The first kappa shape index (κ1) is 13.0. The molecular weight excluding hydrogens is 256 g/mol. The van der Waals surface area contributed by atoms with Crippen LogP contribution in [0.25, 0.3) is 0 Å². The fourth-order valence-electron chi connectivity index (χ4n) is 3.01. The monoisotopic (exact) mass is 274 g/mol. The van der Waals surface area contributed by atoms with Crippen molar-refractivity contribution in [1.82, 2.24) is 5.32 Å². The summed E-state index contributed by atoms with van der Waals surface area (Å²) in [6, 6.07) is 7.65. The van der Waals surface area contributed by atoms with Crippen LogP contribution in [0.2, 0.25) is 0 Å². The van der Waals surface area contributed by atoms with Crippen molar-refractivity contribution in [3.05, 3.63) is 29.8 Å². The Morgan fingerprint density at radius 1 is 1.25 bits per heavy atom. The number of carboxylic acids is 1. The SMILES string of the molecule is O=C1CN(c2ccc(C3(C(=O)O)CCC3)cc2)CCN1. The molecule has 1 amide bonds. The number of benzene rings is 1. The standard InChI is InChI=1S/C15H18N2O3/c18-13-10-17(9-8-16-13)12-4-2-11(3-5-12)15(14(19)20)6-1-7-15/h2-5H,1,6-10H2,(H,16,18)(H,19,20). The molecule has 0 atom stereocenters. The summed E-state index contributed by atoms with van der Waals surface area (Å²) in [6.45, 7) is 1.80. The van der Waals surface area contributed by atoms with Crippen LogP contribution < -0.4 is 10.2 Å². The van der Waals surface area contributed by atoms with E-state index in [-0.39, 0.29) is 5.91 Å². The molecule has 0 aromatic heterocycles. The van der Waals surface area contributed by atoms with Gasteiger partial charge in [0.2, 0.25) is 5.91 Å². The average molecular weight is 274 g/mol. The predicted molar refractivity (Wildman–Crippen MR) is 74.8 cm³/mol. The van der Waals surface area contributed by atoms with Crippen LogP contribution in [0.1, 0.15) is 24.8 Å². The van der Waals surface area contributed by atoms with Gasteiger partial charge in [-0.1, -0.05) is 18.6 Å². The fourth-order valence-corrected chi connectivity index (χ4v) is 3.01. The molecule has 0 unspecified atom stereocenters. The summed E-state index contributed by atoms with van der Waals surface area (Å²) in [4.78, 5) is 24.9. The molecule has 2 aliphatic rings. The number of piperazine rings is 1. The van der Waals surface area contributed by atoms with Crippen molar-refractivity contribution in [3.63, 3.8) is 0 Å². The van der Waals surface area contributed by atoms with Crippen LogP contribution >= 0.6 is 0 Å². The third kappa shape index (κ3) is 2.03. The molecule has 3 rings (SSSR count). The molecule has 1 aliphatic heterocycles. The molecule has 1 heterocycles. The Morgan fingerprint density at radius 2 is 1.95 bits per heavy atom. The number of nitrogens with zero attached hydrogens (tertiary/aromatic N) is 1. The van der Waals surface area contributed by atoms with Crippen molar-refractivity contribution < 1.29 is 14.7 Å². The Labute approximate surface area is 117 Å². The first-order valence-electron chi connectivity index (χ1n) is 6.97. The van der Waals surface area contributed by atoms with Gasteiger partial charge >= 0.3 is 5.97 Å². The van der Waals surface area contributed by atoms with Gasteiger partial charge in [-0.05, 0) is 30.5 Å². The number of anilines is 1. The molecule has 0 radical (unpaired) electrons. The maximum absolute atomic E-state index is 11.5. The van der Waals surface area contributed by atoms with E-state index < -0.39 is 11.4 Å². The molecule has 1 aromatic carbocycles. The van der Waals surface area contributed by atoms with Crippen LogP contribution in [0.3, 0.4) is 0 Å². The summed E-state index contributed by atoms with van der Waals surface area (Å²) in [7, 11) is 0. The Kier molecular flexibility index (Phi) is 3.12. The lowest BCUT2D eigenvalue weighted by Gasteiger charge is -2.38. The summed E-state index contributed by atoms with van der Waals surface area (Å²) in [5, 5.41) is 12.2. The minimum Gasteiger partial charge on any atom is -0.481 e. The van der Waals surface area contributed by atoms with Crippen molar-refractivity contribution in [2.75, 3.05) is 24.5 Å². The molecular formula is C15H18N2O3. The zero-order valence-corrected chi connectivity index (χ0v) is 11.3. The topological polar surface area (TPSA) is 69.6 Å². The third-order valence-electron chi connectivity index (χ3n) is 4.44. The lowest BCUT2D eigenvalue weighted by atomic mass is 9.64. The number of carbonyl (C=O) groups excluding carboxylic acids is 1. The molecule has 0 bridgehead atoms. The molecule has 1 aliphatic carbocycles. The molecule has 2 fully saturated rings. The number of carboxylic acid groups (broad SMARTS) is 1. The second kappa shape index (κ2) is 4.81. The predicted octanol–water partition coefficient (Wildman–Crippen LogP) is 1.13. The molecule has 5 nitrogen and oxygen atoms in total. The summed E-state index contributed by atoms with van der Waals surface area (Å²) in [5.41, 5.74) is 1.17. The van der Waals surface area contributed by atoms with E-state index in [0.717, 1.165) is 24.2 Å².